The first-order chi connectivity index (χ1) is 14.8. The highest BCUT2D eigenvalue weighted by Crippen LogP contribution is 2.27. The summed E-state index contributed by atoms with van der Waals surface area (Å²) in [6, 6.07) is 8.96. The number of nitrogens with zero attached hydrogens (tertiary/aromatic N) is 1. The molecule has 31 heavy (non-hydrogen) atoms. The Bertz CT molecular complexity index is 1000. The SMILES string of the molecule is CCNC(=O)C(=O)N/N=C\c1ccc(OCC(=O)Nc2ccc(Br)cc2F)c(OC)c1. The molecule has 0 atom stereocenters. The molecule has 0 fully saturated rings. The van der Waals surface area contributed by atoms with Gasteiger partial charge in [0.25, 0.3) is 5.91 Å². The summed E-state index contributed by atoms with van der Waals surface area (Å²) < 4.78 is 25.0. The Morgan fingerprint density at radius 1 is 1.13 bits per heavy atom. The Hall–Kier alpha value is -3.47. The molecule has 0 unspecified atom stereocenters. The first kappa shape index (κ1) is 23.8. The fourth-order valence-corrected chi connectivity index (χ4v) is 2.59. The number of methoxy groups -OCH3 is 1. The van der Waals surface area contributed by atoms with Crippen LogP contribution in [0.4, 0.5) is 10.1 Å². The van der Waals surface area contributed by atoms with Gasteiger partial charge < -0.3 is 20.1 Å². The summed E-state index contributed by atoms with van der Waals surface area (Å²) in [6.07, 6.45) is 1.31. The van der Waals surface area contributed by atoms with Crippen molar-refractivity contribution in [1.82, 2.24) is 10.7 Å². The van der Waals surface area contributed by atoms with Crippen LogP contribution in [0.2, 0.25) is 0 Å². The highest BCUT2D eigenvalue weighted by atomic mass is 79.9. The minimum absolute atomic E-state index is 0.0324. The second-order valence-electron chi connectivity index (χ2n) is 5.93. The van der Waals surface area contributed by atoms with Gasteiger partial charge in [0.05, 0.1) is 19.0 Å². The molecule has 2 rings (SSSR count). The van der Waals surface area contributed by atoms with Crippen LogP contribution in [0.25, 0.3) is 0 Å². The van der Waals surface area contributed by atoms with Crippen LogP contribution in [-0.4, -0.2) is 44.2 Å². The van der Waals surface area contributed by atoms with E-state index in [9.17, 15) is 18.8 Å². The van der Waals surface area contributed by atoms with E-state index in [-0.39, 0.29) is 18.0 Å². The zero-order chi connectivity index (χ0) is 22.8. The molecule has 0 heterocycles. The molecule has 0 aliphatic carbocycles. The maximum absolute atomic E-state index is 13.8. The molecule has 3 amide bonds. The Kier molecular flexibility index (Phi) is 8.94. The van der Waals surface area contributed by atoms with E-state index < -0.39 is 23.5 Å². The van der Waals surface area contributed by atoms with E-state index in [1.54, 1.807) is 31.2 Å². The van der Waals surface area contributed by atoms with Gasteiger partial charge in [0, 0.05) is 11.0 Å². The topological polar surface area (TPSA) is 118 Å². The van der Waals surface area contributed by atoms with Gasteiger partial charge in [-0.1, -0.05) is 15.9 Å². The number of anilines is 1. The minimum atomic E-state index is -0.891. The molecule has 0 bridgehead atoms. The van der Waals surface area contributed by atoms with E-state index in [2.05, 4.69) is 37.1 Å². The van der Waals surface area contributed by atoms with Crippen molar-refractivity contribution >= 4 is 45.6 Å². The molecule has 0 saturated heterocycles. The van der Waals surface area contributed by atoms with Crippen LogP contribution in [0.15, 0.2) is 46.0 Å². The van der Waals surface area contributed by atoms with Gasteiger partial charge in [0.1, 0.15) is 5.82 Å². The van der Waals surface area contributed by atoms with Crippen molar-refractivity contribution in [2.75, 3.05) is 25.6 Å². The normalized spacial score (nSPS) is 10.5. The summed E-state index contributed by atoms with van der Waals surface area (Å²) in [5.41, 5.74) is 2.67. The average Bonchev–Trinajstić information content (AvgIpc) is 2.74. The first-order valence-electron chi connectivity index (χ1n) is 9.01. The van der Waals surface area contributed by atoms with Gasteiger partial charge in [-0.3, -0.25) is 14.4 Å². The number of hydrogen-bond acceptors (Lipinski definition) is 6. The number of halogens is 2. The van der Waals surface area contributed by atoms with Gasteiger partial charge >= 0.3 is 11.8 Å². The zero-order valence-corrected chi connectivity index (χ0v) is 18.3. The van der Waals surface area contributed by atoms with Crippen LogP contribution < -0.4 is 25.5 Å². The van der Waals surface area contributed by atoms with Crippen molar-refractivity contribution in [2.24, 2.45) is 5.10 Å². The molecule has 0 radical (unpaired) electrons. The lowest BCUT2D eigenvalue weighted by molar-refractivity contribution is -0.139. The summed E-state index contributed by atoms with van der Waals surface area (Å²) in [7, 11) is 1.41. The lowest BCUT2D eigenvalue weighted by Gasteiger charge is -2.12. The molecular weight excluding hydrogens is 475 g/mol. The number of hydrazone groups is 1. The summed E-state index contributed by atoms with van der Waals surface area (Å²) in [4.78, 5) is 34.8. The van der Waals surface area contributed by atoms with E-state index in [1.165, 1.54) is 25.5 Å². The zero-order valence-electron chi connectivity index (χ0n) is 16.7. The van der Waals surface area contributed by atoms with Crippen molar-refractivity contribution in [3.63, 3.8) is 0 Å². The lowest BCUT2D eigenvalue weighted by Crippen LogP contribution is -2.37. The molecule has 9 nitrogen and oxygen atoms in total. The summed E-state index contributed by atoms with van der Waals surface area (Å²) in [5.74, 6) is -2.23. The van der Waals surface area contributed by atoms with Gasteiger partial charge in [-0.25, -0.2) is 9.82 Å². The lowest BCUT2D eigenvalue weighted by atomic mass is 10.2. The smallest absolute Gasteiger partial charge is 0.329 e. The maximum Gasteiger partial charge on any atom is 0.329 e. The number of benzene rings is 2. The Labute approximate surface area is 186 Å². The molecule has 2 aromatic carbocycles. The summed E-state index contributed by atoms with van der Waals surface area (Å²) >= 11 is 3.14. The van der Waals surface area contributed by atoms with Crippen LogP contribution in [0.1, 0.15) is 12.5 Å². The second-order valence-corrected chi connectivity index (χ2v) is 6.85. The number of likely N-dealkylation sites (N-methyl/N-ethyl adjacent to an activating group) is 1. The number of hydrogen-bond donors (Lipinski definition) is 3. The molecule has 164 valence electrons. The second kappa shape index (κ2) is 11.6. The number of nitrogens with one attached hydrogen (secondary N) is 3. The molecule has 0 saturated carbocycles. The van der Waals surface area contributed by atoms with Crippen LogP contribution in [-0.2, 0) is 14.4 Å². The third-order valence-corrected chi connectivity index (χ3v) is 4.17. The number of ether oxygens (including phenoxy) is 2. The predicted octanol–water partition coefficient (Wildman–Crippen LogP) is 2.20. The fraction of sp³-hybridized carbons (Fsp3) is 0.200. The Morgan fingerprint density at radius 2 is 1.90 bits per heavy atom. The van der Waals surface area contributed by atoms with Crippen LogP contribution >= 0.6 is 15.9 Å². The van der Waals surface area contributed by atoms with Gasteiger partial charge in [0.15, 0.2) is 18.1 Å². The molecular formula is C20H20BrFN4O5. The van der Waals surface area contributed by atoms with Crippen molar-refractivity contribution in [3.8, 4) is 11.5 Å². The predicted molar refractivity (Wildman–Crippen MR) is 116 cm³/mol. The maximum atomic E-state index is 13.8. The number of rotatable bonds is 8. The van der Waals surface area contributed by atoms with E-state index >= 15 is 0 Å². The minimum Gasteiger partial charge on any atom is -0.493 e. The van der Waals surface area contributed by atoms with Crippen LogP contribution in [0.3, 0.4) is 0 Å². The van der Waals surface area contributed by atoms with Crippen molar-refractivity contribution in [1.29, 1.82) is 0 Å². The van der Waals surface area contributed by atoms with E-state index in [4.69, 9.17) is 9.47 Å². The summed E-state index contributed by atoms with van der Waals surface area (Å²) in [5, 5.41) is 8.47. The number of carbonyl (C=O) groups is 3. The van der Waals surface area contributed by atoms with Gasteiger partial charge in [-0.15, -0.1) is 0 Å². The quantitative estimate of drug-likeness (QED) is 0.295. The fourth-order valence-electron chi connectivity index (χ4n) is 2.26. The van der Waals surface area contributed by atoms with E-state index in [1.807, 2.05) is 0 Å². The number of amides is 3. The Balaban J connectivity index is 1.95. The summed E-state index contributed by atoms with van der Waals surface area (Å²) in [6.45, 7) is 1.64. The van der Waals surface area contributed by atoms with Gasteiger partial charge in [-0.05, 0) is 48.9 Å². The standard InChI is InChI=1S/C20H20BrFN4O5/c1-3-23-19(28)20(29)26-24-10-12-4-7-16(17(8-12)30-2)31-11-18(27)25-15-6-5-13(21)9-14(15)22/h4-10H,3,11H2,1-2H3,(H,23,28)(H,25,27)(H,26,29)/b24-10-. The molecule has 3 N–H and O–H groups in total. The first-order valence-corrected chi connectivity index (χ1v) is 9.80. The van der Waals surface area contributed by atoms with E-state index in [0.29, 0.717) is 22.3 Å². The third kappa shape index (κ3) is 7.37. The van der Waals surface area contributed by atoms with Gasteiger partial charge in [0.2, 0.25) is 0 Å². The number of carbonyl (C=O) groups excluding carboxylic acids is 3. The molecule has 0 aromatic heterocycles. The molecule has 11 heteroatoms. The van der Waals surface area contributed by atoms with E-state index in [0.717, 1.165) is 0 Å². The monoisotopic (exact) mass is 494 g/mol. The highest BCUT2D eigenvalue weighted by molar-refractivity contribution is 9.10. The van der Waals surface area contributed by atoms with Crippen molar-refractivity contribution in [2.45, 2.75) is 6.92 Å². The average molecular weight is 495 g/mol. The van der Waals surface area contributed by atoms with Crippen LogP contribution in [0, 0.1) is 5.82 Å². The Morgan fingerprint density at radius 3 is 2.58 bits per heavy atom. The van der Waals surface area contributed by atoms with Crippen LogP contribution in [0.5, 0.6) is 11.5 Å². The molecule has 2 aromatic rings. The highest BCUT2D eigenvalue weighted by Gasteiger charge is 2.12. The molecule has 0 aliphatic heterocycles. The third-order valence-electron chi connectivity index (χ3n) is 3.67. The van der Waals surface area contributed by atoms with Crippen molar-refractivity contribution in [3.05, 3.63) is 52.3 Å². The largest absolute Gasteiger partial charge is 0.493 e. The van der Waals surface area contributed by atoms with Gasteiger partial charge in [-0.2, -0.15) is 5.10 Å². The molecule has 0 spiro atoms. The van der Waals surface area contributed by atoms with Crippen molar-refractivity contribution < 1.29 is 28.2 Å². The molecule has 0 aliphatic rings.